The highest BCUT2D eigenvalue weighted by Gasteiger charge is 2.46. The van der Waals surface area contributed by atoms with Gasteiger partial charge in [-0.1, -0.05) is 5.16 Å². The Hall–Kier alpha value is -3.37. The van der Waals surface area contributed by atoms with Crippen LogP contribution in [0.4, 0.5) is 23.4 Å². The third kappa shape index (κ3) is 3.99. The number of amides is 1. The molecule has 31 heavy (non-hydrogen) atoms. The van der Waals surface area contributed by atoms with Crippen LogP contribution >= 0.6 is 0 Å². The zero-order valence-electron chi connectivity index (χ0n) is 16.6. The predicted octanol–water partition coefficient (Wildman–Crippen LogP) is 4.36. The number of carbonyl (C=O) groups excluding carboxylic acids is 1. The molecule has 0 spiro atoms. The fraction of sp³-hybridized carbons (Fsp3) is 0.350. The van der Waals surface area contributed by atoms with Crippen molar-refractivity contribution in [1.29, 1.82) is 0 Å². The number of aromatic nitrogens is 3. The number of anilines is 1. The van der Waals surface area contributed by atoms with Gasteiger partial charge in [-0.2, -0.15) is 18.3 Å². The van der Waals surface area contributed by atoms with E-state index in [1.807, 2.05) is 0 Å². The summed E-state index contributed by atoms with van der Waals surface area (Å²) < 4.78 is 64.8. The number of aryl methyl sites for hydroxylation is 2. The molecule has 3 aromatic rings. The molecule has 0 aliphatic carbocycles. The van der Waals surface area contributed by atoms with Gasteiger partial charge in [-0.05, 0) is 44.5 Å². The molecular weight excluding hydrogens is 420 g/mol. The summed E-state index contributed by atoms with van der Waals surface area (Å²) in [5.74, 6) is -0.280. The van der Waals surface area contributed by atoms with E-state index in [2.05, 4.69) is 10.3 Å². The van der Waals surface area contributed by atoms with Crippen LogP contribution in [0.1, 0.15) is 40.0 Å². The van der Waals surface area contributed by atoms with Gasteiger partial charge in [-0.15, -0.1) is 0 Å². The van der Waals surface area contributed by atoms with Crippen LogP contribution in [0.2, 0.25) is 0 Å². The molecular formula is C20H18F4N4O3. The van der Waals surface area contributed by atoms with Gasteiger partial charge in [0.15, 0.2) is 11.7 Å². The molecule has 3 heterocycles. The summed E-state index contributed by atoms with van der Waals surface area (Å²) >= 11 is 0. The van der Waals surface area contributed by atoms with E-state index in [1.54, 1.807) is 13.8 Å². The second-order valence-electron chi connectivity index (χ2n) is 7.20. The van der Waals surface area contributed by atoms with Gasteiger partial charge >= 0.3 is 6.18 Å². The van der Waals surface area contributed by atoms with Gasteiger partial charge in [0.2, 0.25) is 0 Å². The van der Waals surface area contributed by atoms with E-state index < -0.39 is 23.9 Å². The molecule has 0 radical (unpaired) electrons. The molecule has 1 atom stereocenters. The van der Waals surface area contributed by atoms with Crippen LogP contribution in [0.3, 0.4) is 0 Å². The molecule has 0 saturated heterocycles. The number of hydrogen-bond donors (Lipinski definition) is 0. The fourth-order valence-electron chi connectivity index (χ4n) is 3.47. The maximum Gasteiger partial charge on any atom is 0.410 e. The Morgan fingerprint density at radius 2 is 1.97 bits per heavy atom. The number of rotatable bonds is 4. The Morgan fingerprint density at radius 1 is 1.26 bits per heavy atom. The summed E-state index contributed by atoms with van der Waals surface area (Å²) in [4.78, 5) is 14.4. The monoisotopic (exact) mass is 438 g/mol. The van der Waals surface area contributed by atoms with Crippen LogP contribution in [0.15, 0.2) is 34.9 Å². The lowest BCUT2D eigenvalue weighted by Crippen LogP contribution is -2.43. The van der Waals surface area contributed by atoms with Crippen molar-refractivity contribution in [3.8, 4) is 5.75 Å². The average Bonchev–Trinajstić information content (AvgIpc) is 3.27. The lowest BCUT2D eigenvalue weighted by Gasteiger charge is -2.33. The number of fused-ring (bicyclic) bond motifs is 1. The fourth-order valence-corrected chi connectivity index (χ4v) is 3.47. The van der Waals surface area contributed by atoms with E-state index >= 15 is 0 Å². The smallest absolute Gasteiger partial charge is 0.410 e. The summed E-state index contributed by atoms with van der Waals surface area (Å²) in [5.41, 5.74) is 0.658. The van der Waals surface area contributed by atoms with Crippen molar-refractivity contribution in [2.75, 3.05) is 11.4 Å². The molecule has 1 amide bonds. The molecule has 1 unspecified atom stereocenters. The second-order valence-corrected chi connectivity index (χ2v) is 7.20. The topological polar surface area (TPSA) is 73.4 Å². The van der Waals surface area contributed by atoms with Crippen LogP contribution in [0.5, 0.6) is 5.75 Å². The Bertz CT molecular complexity index is 1100. The molecule has 1 aromatic carbocycles. The van der Waals surface area contributed by atoms with Crippen LogP contribution in [-0.2, 0) is 6.61 Å². The van der Waals surface area contributed by atoms with Crippen molar-refractivity contribution in [3.63, 3.8) is 0 Å². The maximum atomic E-state index is 13.4. The Labute approximate surface area is 174 Å². The molecule has 0 bridgehead atoms. The summed E-state index contributed by atoms with van der Waals surface area (Å²) in [5, 5.41) is 7.75. The van der Waals surface area contributed by atoms with Crippen molar-refractivity contribution in [2.45, 2.75) is 39.1 Å². The molecule has 2 aromatic heterocycles. The lowest BCUT2D eigenvalue weighted by atomic mass is 10.1. The number of hydrogen-bond acceptors (Lipinski definition) is 5. The number of nitrogens with zero attached hydrogens (tertiary/aromatic N) is 4. The number of ether oxygens (including phenoxy) is 1. The molecule has 0 N–H and O–H groups in total. The van der Waals surface area contributed by atoms with Gasteiger partial charge in [0.1, 0.15) is 29.8 Å². The van der Waals surface area contributed by atoms with E-state index in [0.29, 0.717) is 22.8 Å². The highest BCUT2D eigenvalue weighted by atomic mass is 19.4. The first-order valence-corrected chi connectivity index (χ1v) is 9.43. The van der Waals surface area contributed by atoms with Crippen LogP contribution in [-0.4, -0.2) is 33.6 Å². The summed E-state index contributed by atoms with van der Waals surface area (Å²) in [6.07, 6.45) is -4.82. The van der Waals surface area contributed by atoms with E-state index in [-0.39, 0.29) is 31.1 Å². The van der Waals surface area contributed by atoms with E-state index in [0.717, 1.165) is 4.68 Å². The number of alkyl halides is 3. The van der Waals surface area contributed by atoms with Crippen molar-refractivity contribution in [2.24, 2.45) is 0 Å². The number of carbonyl (C=O) groups is 1. The number of benzene rings is 1. The lowest BCUT2D eigenvalue weighted by molar-refractivity contribution is -0.172. The first kappa shape index (κ1) is 20.9. The van der Waals surface area contributed by atoms with Crippen molar-refractivity contribution in [3.05, 3.63) is 58.9 Å². The van der Waals surface area contributed by atoms with E-state index in [9.17, 15) is 22.4 Å². The minimum atomic E-state index is -4.49. The first-order valence-electron chi connectivity index (χ1n) is 9.43. The van der Waals surface area contributed by atoms with Gasteiger partial charge in [-0.3, -0.25) is 9.69 Å². The first-order chi connectivity index (χ1) is 14.6. The van der Waals surface area contributed by atoms with Crippen molar-refractivity contribution >= 4 is 11.7 Å². The van der Waals surface area contributed by atoms with Gasteiger partial charge < -0.3 is 9.26 Å². The molecule has 1 aliphatic heterocycles. The highest BCUT2D eigenvalue weighted by molar-refractivity contribution is 6.05. The third-order valence-electron chi connectivity index (χ3n) is 5.04. The highest BCUT2D eigenvalue weighted by Crippen LogP contribution is 2.40. The molecule has 4 rings (SSSR count). The third-order valence-corrected chi connectivity index (χ3v) is 5.04. The molecule has 164 valence electrons. The standard InChI is InChI=1S/C20H18F4N4O3/c1-11-9-17-27(8-7-16(20(22,23)24)28(17)25-11)19(29)18-15(12(2)31-26-18)10-30-14-5-3-13(21)4-6-14/h3-6,9,16H,7-8,10H2,1-2H3. The second kappa shape index (κ2) is 7.71. The van der Waals surface area contributed by atoms with E-state index in [4.69, 9.17) is 9.26 Å². The predicted molar refractivity (Wildman–Crippen MR) is 100 cm³/mol. The van der Waals surface area contributed by atoms with Crippen LogP contribution in [0, 0.1) is 19.7 Å². The Kier molecular flexibility index (Phi) is 5.19. The summed E-state index contributed by atoms with van der Waals surface area (Å²) in [7, 11) is 0. The Morgan fingerprint density at radius 3 is 2.65 bits per heavy atom. The molecule has 1 aliphatic rings. The quantitative estimate of drug-likeness (QED) is 0.566. The average molecular weight is 438 g/mol. The van der Waals surface area contributed by atoms with Crippen molar-refractivity contribution < 1.29 is 31.6 Å². The normalized spacial score (nSPS) is 16.3. The van der Waals surface area contributed by atoms with Crippen molar-refractivity contribution in [1.82, 2.24) is 14.9 Å². The van der Waals surface area contributed by atoms with E-state index in [1.165, 1.54) is 35.2 Å². The zero-order valence-corrected chi connectivity index (χ0v) is 16.6. The van der Waals surface area contributed by atoms with Gasteiger partial charge in [-0.25, -0.2) is 9.07 Å². The minimum Gasteiger partial charge on any atom is -0.489 e. The molecule has 0 saturated carbocycles. The summed E-state index contributed by atoms with van der Waals surface area (Å²) in [6.45, 7) is 2.92. The molecule has 0 fully saturated rings. The largest absolute Gasteiger partial charge is 0.489 e. The minimum absolute atomic E-state index is 0.0436. The number of halogens is 4. The van der Waals surface area contributed by atoms with Crippen LogP contribution < -0.4 is 9.64 Å². The van der Waals surface area contributed by atoms with Gasteiger partial charge in [0, 0.05) is 12.6 Å². The van der Waals surface area contributed by atoms with Crippen LogP contribution in [0.25, 0.3) is 0 Å². The van der Waals surface area contributed by atoms with Gasteiger partial charge in [0.25, 0.3) is 5.91 Å². The summed E-state index contributed by atoms with van der Waals surface area (Å²) in [6, 6.07) is 4.95. The maximum absolute atomic E-state index is 13.4. The van der Waals surface area contributed by atoms with Gasteiger partial charge in [0.05, 0.1) is 11.3 Å². The zero-order chi connectivity index (χ0) is 22.3. The Balaban J connectivity index is 1.61. The SMILES string of the molecule is Cc1cc2n(n1)C(C(F)(F)F)CCN2C(=O)c1noc(C)c1COc1ccc(F)cc1. The molecule has 7 nitrogen and oxygen atoms in total. The molecule has 11 heteroatoms.